The molecule has 3 rings (SSSR count). The lowest BCUT2D eigenvalue weighted by Gasteiger charge is -2.34. The van der Waals surface area contributed by atoms with E-state index in [2.05, 4.69) is 66.8 Å². The second-order valence-electron chi connectivity index (χ2n) is 11.1. The summed E-state index contributed by atoms with van der Waals surface area (Å²) in [6, 6.07) is 13.6. The lowest BCUT2D eigenvalue weighted by atomic mass is 9.71. The zero-order valence-electron chi connectivity index (χ0n) is 26.2. The summed E-state index contributed by atoms with van der Waals surface area (Å²) < 4.78 is 16.6. The van der Waals surface area contributed by atoms with Crippen LogP contribution in [0.3, 0.4) is 0 Å². The van der Waals surface area contributed by atoms with Crippen molar-refractivity contribution in [1.82, 2.24) is 0 Å². The normalized spacial score (nSPS) is 16.0. The van der Waals surface area contributed by atoms with E-state index >= 15 is 0 Å². The molecule has 0 radical (unpaired) electrons. The monoisotopic (exact) mass is 561 g/mol. The van der Waals surface area contributed by atoms with Crippen LogP contribution in [0.2, 0.25) is 0 Å². The number of benzene rings is 2. The van der Waals surface area contributed by atoms with Gasteiger partial charge in [0.1, 0.15) is 0 Å². The summed E-state index contributed by atoms with van der Waals surface area (Å²) in [6.07, 6.45) is 6.27. The molecule has 1 aliphatic heterocycles. The Labute approximate surface area is 248 Å². The summed E-state index contributed by atoms with van der Waals surface area (Å²) in [5.41, 5.74) is 14.2. The van der Waals surface area contributed by atoms with E-state index in [0.29, 0.717) is 31.3 Å². The summed E-state index contributed by atoms with van der Waals surface area (Å²) in [4.78, 5) is 0. The Morgan fingerprint density at radius 2 is 1.78 bits per heavy atom. The molecule has 2 aromatic carbocycles. The van der Waals surface area contributed by atoms with Crippen molar-refractivity contribution in [1.29, 1.82) is 0 Å². The van der Waals surface area contributed by atoms with Crippen molar-refractivity contribution >= 4 is 17.3 Å². The van der Waals surface area contributed by atoms with E-state index < -0.39 is 12.6 Å². The molecule has 1 saturated heterocycles. The fraction of sp³-hybridized carbons (Fsp3) is 0.444. The maximum absolute atomic E-state index is 10.1. The molecule has 224 valence electrons. The quantitative estimate of drug-likeness (QED) is 0.163. The van der Waals surface area contributed by atoms with Gasteiger partial charge in [0.25, 0.3) is 0 Å². The molecule has 5 heteroatoms. The van der Waals surface area contributed by atoms with E-state index in [1.165, 1.54) is 11.1 Å². The third-order valence-electron chi connectivity index (χ3n) is 7.89. The number of ether oxygens (including phenoxy) is 3. The van der Waals surface area contributed by atoms with Gasteiger partial charge in [-0.1, -0.05) is 102 Å². The Kier molecular flexibility index (Phi) is 13.8. The number of para-hydroxylation sites is 1. The van der Waals surface area contributed by atoms with Crippen LogP contribution in [0, 0.1) is 11.3 Å². The van der Waals surface area contributed by atoms with Gasteiger partial charge in [-0.25, -0.2) is 0 Å². The molecule has 0 aromatic heterocycles. The van der Waals surface area contributed by atoms with Gasteiger partial charge in [-0.05, 0) is 66.4 Å². The highest BCUT2D eigenvalue weighted by Crippen LogP contribution is 2.41. The lowest BCUT2D eigenvalue weighted by molar-refractivity contribution is -0.183. The molecule has 1 aliphatic rings. The minimum Gasteiger partial charge on any atom is -0.398 e. The first kappa shape index (κ1) is 34.2. The van der Waals surface area contributed by atoms with Gasteiger partial charge in [-0.2, -0.15) is 0 Å². The summed E-state index contributed by atoms with van der Waals surface area (Å²) in [7, 11) is 0. The Balaban J connectivity index is 0.000000287. The van der Waals surface area contributed by atoms with Crippen molar-refractivity contribution in [3.63, 3.8) is 0 Å². The molecule has 0 amide bonds. The van der Waals surface area contributed by atoms with Crippen LogP contribution in [-0.2, 0) is 14.2 Å². The minimum absolute atomic E-state index is 0.108. The van der Waals surface area contributed by atoms with Crippen molar-refractivity contribution in [3.8, 4) is 0 Å². The van der Waals surface area contributed by atoms with E-state index in [4.69, 9.17) is 19.9 Å². The predicted octanol–water partition coefficient (Wildman–Crippen LogP) is 9.04. The molecule has 1 atom stereocenters. The van der Waals surface area contributed by atoms with Crippen LogP contribution in [0.15, 0.2) is 78.9 Å². The number of anilines is 1. The zero-order valence-corrected chi connectivity index (χ0v) is 26.2. The van der Waals surface area contributed by atoms with Crippen LogP contribution in [0.4, 0.5) is 5.69 Å². The van der Waals surface area contributed by atoms with Crippen molar-refractivity contribution in [2.45, 2.75) is 73.9 Å². The molecule has 0 saturated carbocycles. The summed E-state index contributed by atoms with van der Waals surface area (Å²) in [5, 5.41) is 10.1. The topological polar surface area (TPSA) is 73.9 Å². The van der Waals surface area contributed by atoms with Crippen LogP contribution in [0.1, 0.15) is 96.1 Å². The number of nitrogens with two attached hydrogens (primary N) is 1. The van der Waals surface area contributed by atoms with Gasteiger partial charge in [0.2, 0.25) is 0 Å². The summed E-state index contributed by atoms with van der Waals surface area (Å²) in [6.45, 7) is 25.1. The number of aliphatic hydroxyl groups is 1. The summed E-state index contributed by atoms with van der Waals surface area (Å²) >= 11 is 0. The first-order valence-corrected chi connectivity index (χ1v) is 14.7. The average molecular weight is 562 g/mol. The third kappa shape index (κ3) is 8.76. The molecule has 0 spiro atoms. The van der Waals surface area contributed by atoms with Crippen LogP contribution >= 0.6 is 0 Å². The van der Waals surface area contributed by atoms with Gasteiger partial charge in [0, 0.05) is 29.0 Å². The molecular weight excluding hydrogens is 510 g/mol. The van der Waals surface area contributed by atoms with Gasteiger partial charge in [0.15, 0.2) is 12.6 Å². The maximum atomic E-state index is 10.1. The molecule has 1 unspecified atom stereocenters. The first-order chi connectivity index (χ1) is 19.5. The van der Waals surface area contributed by atoms with Crippen molar-refractivity contribution in [2.75, 3.05) is 25.6 Å². The number of nitrogen functional groups attached to an aromatic ring is 1. The fourth-order valence-electron chi connectivity index (χ4n) is 4.98. The molecular formula is C36H51NO4. The number of aliphatic hydroxyl groups excluding tert-OH is 1. The smallest absolute Gasteiger partial charge is 0.184 e. The Hall–Kier alpha value is -2.96. The molecule has 0 aliphatic carbocycles. The predicted molar refractivity (Wildman–Crippen MR) is 173 cm³/mol. The largest absolute Gasteiger partial charge is 0.398 e. The Morgan fingerprint density at radius 3 is 2.32 bits per heavy atom. The number of hydrogen-bond acceptors (Lipinski definition) is 5. The molecule has 3 N–H and O–H groups in total. The Bertz CT molecular complexity index is 1200. The maximum Gasteiger partial charge on any atom is 0.184 e. The Morgan fingerprint density at radius 1 is 1.12 bits per heavy atom. The average Bonchev–Trinajstić information content (AvgIpc) is 2.97. The molecule has 1 fully saturated rings. The minimum atomic E-state index is -0.952. The van der Waals surface area contributed by atoms with E-state index in [0.717, 1.165) is 40.8 Å². The number of allylic oxidation sites excluding steroid dienone is 5. The highest BCUT2D eigenvalue weighted by Gasteiger charge is 2.28. The standard InChI is InChI=1S/C20H29N.C16H22O4/c1-8-16(17-12-10-11-13-19(17)21)15(5)18(9-2)20(6,7)14(3)4;1-3-9-18-15(17)13-7-5-8-14(12(13)4-2)16-19-10-6-11-20-16/h8-14H,1,21H2,2-7H3;4-5,7-8,15-17H,2-3,6,9-11H2,1H3/b16-15+,18-9+;. The van der Waals surface area contributed by atoms with Gasteiger partial charge in [-0.3, -0.25) is 0 Å². The van der Waals surface area contributed by atoms with Gasteiger partial charge in [-0.15, -0.1) is 0 Å². The molecule has 0 bridgehead atoms. The third-order valence-corrected chi connectivity index (χ3v) is 7.89. The molecule has 41 heavy (non-hydrogen) atoms. The first-order valence-electron chi connectivity index (χ1n) is 14.7. The molecule has 5 nitrogen and oxygen atoms in total. The molecule has 1 heterocycles. The molecule has 2 aromatic rings. The van der Waals surface area contributed by atoms with Gasteiger partial charge < -0.3 is 25.1 Å². The number of rotatable bonds is 11. The van der Waals surface area contributed by atoms with Gasteiger partial charge in [0.05, 0.1) is 13.2 Å². The van der Waals surface area contributed by atoms with Crippen LogP contribution in [-0.4, -0.2) is 24.9 Å². The highest BCUT2D eigenvalue weighted by atomic mass is 16.7. The van der Waals surface area contributed by atoms with Crippen LogP contribution in [0.5, 0.6) is 0 Å². The zero-order chi connectivity index (χ0) is 30.6. The second kappa shape index (κ2) is 16.5. The van der Waals surface area contributed by atoms with Crippen LogP contribution < -0.4 is 5.73 Å². The lowest BCUT2D eigenvalue weighted by Crippen LogP contribution is -2.23. The van der Waals surface area contributed by atoms with Crippen molar-refractivity contribution in [2.24, 2.45) is 11.3 Å². The highest BCUT2D eigenvalue weighted by molar-refractivity contribution is 5.84. The SMILES string of the molecule is C=C/C(=C(C)\C(=C/C)C(C)(C)C(C)C)c1ccccc1N.C=Cc1c(C(O)OCCC)cccc1C1OCCCO1. The van der Waals surface area contributed by atoms with Crippen molar-refractivity contribution < 1.29 is 19.3 Å². The summed E-state index contributed by atoms with van der Waals surface area (Å²) in [5.74, 6) is 0.554. The van der Waals surface area contributed by atoms with E-state index in [-0.39, 0.29) is 5.41 Å². The van der Waals surface area contributed by atoms with Crippen molar-refractivity contribution in [3.05, 3.63) is 101 Å². The number of hydrogen-bond donors (Lipinski definition) is 2. The van der Waals surface area contributed by atoms with Gasteiger partial charge >= 0.3 is 0 Å². The van der Waals surface area contributed by atoms with E-state index in [1.807, 2.05) is 49.4 Å². The van der Waals surface area contributed by atoms with E-state index in [1.54, 1.807) is 6.08 Å². The second-order valence-corrected chi connectivity index (χ2v) is 11.1. The van der Waals surface area contributed by atoms with Crippen LogP contribution in [0.25, 0.3) is 11.6 Å². The fourth-order valence-corrected chi connectivity index (χ4v) is 4.98. The van der Waals surface area contributed by atoms with E-state index in [9.17, 15) is 5.11 Å².